The van der Waals surface area contributed by atoms with Crippen molar-refractivity contribution in [3.8, 4) is 0 Å². The third-order valence-corrected chi connectivity index (χ3v) is 5.96. The lowest BCUT2D eigenvalue weighted by atomic mass is 9.85. The Morgan fingerprint density at radius 3 is 2.66 bits per heavy atom. The van der Waals surface area contributed by atoms with E-state index in [1.165, 1.54) is 0 Å². The number of fused-ring (bicyclic) bond motifs is 2. The van der Waals surface area contributed by atoms with E-state index in [2.05, 4.69) is 13.5 Å². The molecule has 3 aliphatic rings. The molecule has 0 aromatic rings. The van der Waals surface area contributed by atoms with E-state index in [4.69, 9.17) is 14.2 Å². The Morgan fingerprint density at radius 1 is 1.21 bits per heavy atom. The van der Waals surface area contributed by atoms with Crippen molar-refractivity contribution in [2.45, 2.75) is 77.6 Å². The fourth-order valence-corrected chi connectivity index (χ4v) is 4.28. The molecule has 2 bridgehead atoms. The summed E-state index contributed by atoms with van der Waals surface area (Å²) in [4.78, 5) is 37.3. The molecule has 158 valence electrons. The summed E-state index contributed by atoms with van der Waals surface area (Å²) >= 11 is 0. The predicted molar refractivity (Wildman–Crippen MR) is 107 cm³/mol. The molecule has 6 nitrogen and oxygen atoms in total. The molecule has 6 heteroatoms. The van der Waals surface area contributed by atoms with Crippen LogP contribution in [0.25, 0.3) is 0 Å². The highest BCUT2D eigenvalue weighted by Crippen LogP contribution is 2.38. The van der Waals surface area contributed by atoms with Crippen LogP contribution in [0.1, 0.15) is 59.3 Å². The second-order valence-electron chi connectivity index (χ2n) is 8.20. The number of carbonyl (C=O) groups excluding carboxylic acids is 3. The summed E-state index contributed by atoms with van der Waals surface area (Å²) in [6.45, 7) is 9.87. The second-order valence-corrected chi connectivity index (χ2v) is 8.20. The molecule has 5 atom stereocenters. The van der Waals surface area contributed by atoms with E-state index in [1.807, 2.05) is 19.9 Å². The van der Waals surface area contributed by atoms with Crippen LogP contribution in [0.4, 0.5) is 0 Å². The third-order valence-electron chi connectivity index (χ3n) is 5.96. The van der Waals surface area contributed by atoms with E-state index >= 15 is 0 Å². The highest BCUT2D eigenvalue weighted by molar-refractivity contribution is 5.93. The SMILES string of the molecule is C=C1C(=O)O[C@H]2CC3=CC(C/C(C)=C/[C@@H](OC(=O)C(CC)CCCC)C12)OC3=O. The van der Waals surface area contributed by atoms with E-state index in [0.717, 1.165) is 24.8 Å². The highest BCUT2D eigenvalue weighted by atomic mass is 16.6. The van der Waals surface area contributed by atoms with Crippen molar-refractivity contribution in [2.24, 2.45) is 11.8 Å². The number of hydrogen-bond donors (Lipinski definition) is 0. The molecule has 0 aromatic carbocycles. The zero-order valence-corrected chi connectivity index (χ0v) is 17.4. The summed E-state index contributed by atoms with van der Waals surface area (Å²) in [6, 6.07) is 0. The van der Waals surface area contributed by atoms with Gasteiger partial charge < -0.3 is 14.2 Å². The van der Waals surface area contributed by atoms with E-state index in [0.29, 0.717) is 18.4 Å². The molecule has 1 fully saturated rings. The van der Waals surface area contributed by atoms with Crippen molar-refractivity contribution in [3.05, 3.63) is 35.5 Å². The van der Waals surface area contributed by atoms with Crippen LogP contribution in [0.15, 0.2) is 35.5 Å². The quantitative estimate of drug-likeness (QED) is 0.291. The average molecular weight is 402 g/mol. The monoisotopic (exact) mass is 402 g/mol. The summed E-state index contributed by atoms with van der Waals surface area (Å²) < 4.78 is 16.8. The standard InChI is InChI=1S/C23H30O6/c1-5-7-8-15(6-2)22(25)29-18-10-13(3)9-17-11-16(23(26)27-17)12-19-20(18)14(4)21(24)28-19/h10-11,15,17-20H,4-9,12H2,1-3H3/b13-10+/t15?,17?,18-,19+,20?/m1/s1. The second kappa shape index (κ2) is 8.97. The molecule has 0 N–H and O–H groups in total. The lowest BCUT2D eigenvalue weighted by Gasteiger charge is -2.27. The first kappa shape index (κ1) is 21.3. The minimum absolute atomic E-state index is 0.174. The smallest absolute Gasteiger partial charge is 0.334 e. The van der Waals surface area contributed by atoms with Crippen LogP contribution >= 0.6 is 0 Å². The van der Waals surface area contributed by atoms with E-state index in [-0.39, 0.29) is 36.0 Å². The molecule has 0 saturated carbocycles. The van der Waals surface area contributed by atoms with Crippen LogP contribution in [0.2, 0.25) is 0 Å². The maximum atomic E-state index is 12.9. The van der Waals surface area contributed by atoms with Crippen molar-refractivity contribution in [1.29, 1.82) is 0 Å². The van der Waals surface area contributed by atoms with Crippen LogP contribution < -0.4 is 0 Å². The van der Waals surface area contributed by atoms with Crippen molar-refractivity contribution in [3.63, 3.8) is 0 Å². The Hall–Kier alpha value is -2.37. The van der Waals surface area contributed by atoms with Gasteiger partial charge in [0.05, 0.1) is 11.8 Å². The minimum Gasteiger partial charge on any atom is -0.458 e. The molecule has 0 aromatic heterocycles. The van der Waals surface area contributed by atoms with Gasteiger partial charge in [0.15, 0.2) is 0 Å². The van der Waals surface area contributed by atoms with Gasteiger partial charge in [-0.15, -0.1) is 0 Å². The van der Waals surface area contributed by atoms with Gasteiger partial charge in [-0.1, -0.05) is 38.8 Å². The maximum absolute atomic E-state index is 12.9. The molecule has 2 aliphatic heterocycles. The lowest BCUT2D eigenvalue weighted by Crippen LogP contribution is -2.34. The van der Waals surface area contributed by atoms with Gasteiger partial charge in [0.2, 0.25) is 0 Å². The van der Waals surface area contributed by atoms with Gasteiger partial charge in [-0.05, 0) is 31.9 Å². The van der Waals surface area contributed by atoms with E-state index < -0.39 is 24.1 Å². The topological polar surface area (TPSA) is 78.9 Å². The molecule has 3 rings (SSSR count). The summed E-state index contributed by atoms with van der Waals surface area (Å²) in [7, 11) is 0. The van der Waals surface area contributed by atoms with Crippen LogP contribution in [-0.2, 0) is 28.6 Å². The van der Waals surface area contributed by atoms with Crippen LogP contribution in [0, 0.1) is 11.8 Å². The summed E-state index contributed by atoms with van der Waals surface area (Å²) in [5.74, 6) is -1.83. The van der Waals surface area contributed by atoms with Crippen LogP contribution in [-0.4, -0.2) is 36.2 Å². The van der Waals surface area contributed by atoms with Crippen molar-refractivity contribution < 1.29 is 28.6 Å². The van der Waals surface area contributed by atoms with Gasteiger partial charge in [-0.2, -0.15) is 0 Å². The number of hydrogen-bond acceptors (Lipinski definition) is 6. The number of carbonyl (C=O) groups is 3. The number of rotatable bonds is 6. The Kier molecular flexibility index (Phi) is 6.60. The first-order valence-corrected chi connectivity index (χ1v) is 10.5. The first-order chi connectivity index (χ1) is 13.8. The lowest BCUT2D eigenvalue weighted by molar-refractivity contribution is -0.155. The normalized spacial score (nSPS) is 31.8. The minimum atomic E-state index is -0.657. The van der Waals surface area contributed by atoms with Gasteiger partial charge in [-0.25, -0.2) is 9.59 Å². The summed E-state index contributed by atoms with van der Waals surface area (Å²) in [5, 5.41) is 0. The molecule has 1 aliphatic carbocycles. The molecule has 29 heavy (non-hydrogen) atoms. The Balaban J connectivity index is 1.89. The maximum Gasteiger partial charge on any atom is 0.334 e. The van der Waals surface area contributed by atoms with Gasteiger partial charge >= 0.3 is 17.9 Å². The van der Waals surface area contributed by atoms with E-state index in [1.54, 1.807) is 6.08 Å². The number of unbranched alkanes of at least 4 members (excludes halogenated alkanes) is 1. The molecule has 1 saturated heterocycles. The van der Waals surface area contributed by atoms with Gasteiger partial charge in [-0.3, -0.25) is 4.79 Å². The highest BCUT2D eigenvalue weighted by Gasteiger charge is 2.46. The molecule has 3 unspecified atom stereocenters. The first-order valence-electron chi connectivity index (χ1n) is 10.5. The van der Waals surface area contributed by atoms with E-state index in [9.17, 15) is 14.4 Å². The molecular weight excluding hydrogens is 372 g/mol. The molecule has 2 heterocycles. The molecule has 0 radical (unpaired) electrons. The summed E-state index contributed by atoms with van der Waals surface area (Å²) in [6.07, 6.45) is 6.28. The third kappa shape index (κ3) is 4.62. The van der Waals surface area contributed by atoms with Gasteiger partial charge in [0.1, 0.15) is 18.3 Å². The average Bonchev–Trinajstić information content (AvgIpc) is 3.13. The summed E-state index contributed by atoms with van der Waals surface area (Å²) in [5.41, 5.74) is 1.71. The molecular formula is C23H30O6. The Labute approximate surface area is 172 Å². The van der Waals surface area contributed by atoms with Crippen LogP contribution in [0.5, 0.6) is 0 Å². The zero-order chi connectivity index (χ0) is 21.1. The number of esters is 3. The fourth-order valence-electron chi connectivity index (χ4n) is 4.28. The van der Waals surface area contributed by atoms with Crippen LogP contribution in [0.3, 0.4) is 0 Å². The Morgan fingerprint density at radius 2 is 1.97 bits per heavy atom. The predicted octanol–water partition coefficient (Wildman–Crippen LogP) is 3.80. The zero-order valence-electron chi connectivity index (χ0n) is 17.4. The molecule has 0 amide bonds. The Bertz CT molecular complexity index is 761. The van der Waals surface area contributed by atoms with Gasteiger partial charge in [0, 0.05) is 24.0 Å². The van der Waals surface area contributed by atoms with Gasteiger partial charge in [0.25, 0.3) is 0 Å². The van der Waals surface area contributed by atoms with Crippen molar-refractivity contribution in [1.82, 2.24) is 0 Å². The largest absolute Gasteiger partial charge is 0.458 e. The van der Waals surface area contributed by atoms with Crippen molar-refractivity contribution in [2.75, 3.05) is 0 Å². The fraction of sp³-hybridized carbons (Fsp3) is 0.609. The van der Waals surface area contributed by atoms with Crippen molar-refractivity contribution >= 4 is 17.9 Å². The molecule has 0 spiro atoms. The number of ether oxygens (including phenoxy) is 3.